The van der Waals surface area contributed by atoms with Gasteiger partial charge in [-0.3, -0.25) is 0 Å². The maximum atomic E-state index is 12.6. The summed E-state index contributed by atoms with van der Waals surface area (Å²) in [7, 11) is 1.65. The van der Waals surface area contributed by atoms with Crippen LogP contribution in [0.2, 0.25) is 0 Å². The summed E-state index contributed by atoms with van der Waals surface area (Å²) in [6, 6.07) is 3.89. The zero-order chi connectivity index (χ0) is 15.3. The lowest BCUT2D eigenvalue weighted by Crippen LogP contribution is -2.44. The number of nitrogens with one attached hydrogen (secondary N) is 2. The molecule has 0 unspecified atom stereocenters. The third-order valence-corrected chi connectivity index (χ3v) is 3.80. The Labute approximate surface area is 122 Å². The molecule has 0 bridgehead atoms. The summed E-state index contributed by atoms with van der Waals surface area (Å²) in [6.45, 7) is 2.92. The number of methoxy groups -OCH3 is 1. The first-order valence-electron chi connectivity index (χ1n) is 6.93. The number of alkyl halides is 3. The van der Waals surface area contributed by atoms with Gasteiger partial charge in [0, 0.05) is 19.1 Å². The van der Waals surface area contributed by atoms with Crippen molar-refractivity contribution in [2.24, 2.45) is 5.41 Å². The minimum atomic E-state index is -4.42. The SMILES string of the molecule is COCC1(CNc2cccc(C(F)(F)F)n2)CCNCC1. The van der Waals surface area contributed by atoms with Crippen LogP contribution >= 0.6 is 0 Å². The van der Waals surface area contributed by atoms with E-state index in [-0.39, 0.29) is 11.2 Å². The lowest BCUT2D eigenvalue weighted by molar-refractivity contribution is -0.141. The van der Waals surface area contributed by atoms with Crippen molar-refractivity contribution >= 4 is 5.82 Å². The maximum Gasteiger partial charge on any atom is 0.433 e. The third-order valence-electron chi connectivity index (χ3n) is 3.80. The number of halogens is 3. The minimum absolute atomic E-state index is 0.0596. The van der Waals surface area contributed by atoms with E-state index in [1.54, 1.807) is 13.2 Å². The van der Waals surface area contributed by atoms with E-state index in [0.29, 0.717) is 13.2 Å². The van der Waals surface area contributed by atoms with Crippen molar-refractivity contribution in [3.05, 3.63) is 23.9 Å². The molecule has 0 aliphatic carbocycles. The second kappa shape index (κ2) is 6.62. The Morgan fingerprint density at radius 2 is 2.05 bits per heavy atom. The molecule has 0 amide bonds. The van der Waals surface area contributed by atoms with Crippen LogP contribution in [-0.4, -0.2) is 38.3 Å². The third kappa shape index (κ3) is 4.31. The lowest BCUT2D eigenvalue weighted by Gasteiger charge is -2.37. The van der Waals surface area contributed by atoms with Crippen LogP contribution in [0.5, 0.6) is 0 Å². The number of aromatic nitrogens is 1. The average Bonchev–Trinajstić information content (AvgIpc) is 2.46. The van der Waals surface area contributed by atoms with Crippen molar-refractivity contribution in [1.82, 2.24) is 10.3 Å². The predicted octanol–water partition coefficient (Wildman–Crippen LogP) is 2.53. The van der Waals surface area contributed by atoms with Gasteiger partial charge in [-0.05, 0) is 38.1 Å². The summed E-state index contributed by atoms with van der Waals surface area (Å²) in [4.78, 5) is 3.63. The van der Waals surface area contributed by atoms with Gasteiger partial charge in [0.15, 0.2) is 0 Å². The van der Waals surface area contributed by atoms with E-state index in [2.05, 4.69) is 15.6 Å². The number of hydrogen-bond acceptors (Lipinski definition) is 4. The number of pyridine rings is 1. The molecule has 1 saturated heterocycles. The Bertz CT molecular complexity index is 454. The van der Waals surface area contributed by atoms with Crippen molar-refractivity contribution in [2.45, 2.75) is 19.0 Å². The van der Waals surface area contributed by atoms with Gasteiger partial charge in [0.1, 0.15) is 11.5 Å². The first-order valence-corrected chi connectivity index (χ1v) is 6.93. The molecule has 0 spiro atoms. The molecule has 1 aliphatic rings. The average molecular weight is 303 g/mol. The van der Waals surface area contributed by atoms with Gasteiger partial charge in [0.05, 0.1) is 6.61 Å². The molecule has 7 heteroatoms. The van der Waals surface area contributed by atoms with E-state index in [9.17, 15) is 13.2 Å². The van der Waals surface area contributed by atoms with Crippen LogP contribution in [-0.2, 0) is 10.9 Å². The van der Waals surface area contributed by atoms with E-state index < -0.39 is 11.9 Å². The minimum Gasteiger partial charge on any atom is -0.384 e. The molecule has 2 heterocycles. The van der Waals surface area contributed by atoms with Crippen molar-refractivity contribution < 1.29 is 17.9 Å². The number of rotatable bonds is 5. The summed E-state index contributed by atoms with van der Waals surface area (Å²) in [5.41, 5.74) is -0.936. The topological polar surface area (TPSA) is 46.2 Å². The van der Waals surface area contributed by atoms with Crippen molar-refractivity contribution in [2.75, 3.05) is 38.7 Å². The normalized spacial score (nSPS) is 18.5. The number of nitrogens with zero attached hydrogens (tertiary/aromatic N) is 1. The highest BCUT2D eigenvalue weighted by Gasteiger charge is 2.34. The van der Waals surface area contributed by atoms with Crippen LogP contribution in [0.1, 0.15) is 18.5 Å². The molecule has 0 saturated carbocycles. The summed E-state index contributed by atoms with van der Waals surface area (Å²) in [6.07, 6.45) is -2.57. The van der Waals surface area contributed by atoms with Gasteiger partial charge in [0.25, 0.3) is 0 Å². The molecule has 118 valence electrons. The monoisotopic (exact) mass is 303 g/mol. The van der Waals surface area contributed by atoms with Gasteiger partial charge in [-0.1, -0.05) is 6.07 Å². The van der Waals surface area contributed by atoms with Gasteiger partial charge in [0.2, 0.25) is 0 Å². The zero-order valence-corrected chi connectivity index (χ0v) is 12.0. The smallest absolute Gasteiger partial charge is 0.384 e. The first-order chi connectivity index (χ1) is 9.95. The summed E-state index contributed by atoms with van der Waals surface area (Å²) < 4.78 is 43.2. The van der Waals surface area contributed by atoms with E-state index in [0.717, 1.165) is 32.0 Å². The number of piperidine rings is 1. The zero-order valence-electron chi connectivity index (χ0n) is 12.0. The van der Waals surface area contributed by atoms with E-state index in [1.807, 2.05) is 0 Å². The van der Waals surface area contributed by atoms with Gasteiger partial charge >= 0.3 is 6.18 Å². The summed E-state index contributed by atoms with van der Waals surface area (Å²) >= 11 is 0. The second-order valence-corrected chi connectivity index (χ2v) is 5.44. The molecule has 4 nitrogen and oxygen atoms in total. The highest BCUT2D eigenvalue weighted by molar-refractivity contribution is 5.36. The Kier molecular flexibility index (Phi) is 5.05. The van der Waals surface area contributed by atoms with E-state index in [1.165, 1.54) is 6.07 Å². The van der Waals surface area contributed by atoms with Crippen molar-refractivity contribution in [1.29, 1.82) is 0 Å². The van der Waals surface area contributed by atoms with E-state index >= 15 is 0 Å². The van der Waals surface area contributed by atoms with Crippen molar-refractivity contribution in [3.63, 3.8) is 0 Å². The number of anilines is 1. The Hall–Kier alpha value is -1.34. The number of ether oxygens (including phenoxy) is 1. The molecular weight excluding hydrogens is 283 g/mol. The lowest BCUT2D eigenvalue weighted by atomic mass is 9.79. The molecule has 0 radical (unpaired) electrons. The molecule has 0 atom stereocenters. The Morgan fingerprint density at radius 3 is 2.67 bits per heavy atom. The van der Waals surface area contributed by atoms with Gasteiger partial charge in [-0.25, -0.2) is 4.98 Å². The molecule has 1 aromatic rings. The molecule has 1 aromatic heterocycles. The van der Waals surface area contributed by atoms with Crippen LogP contribution < -0.4 is 10.6 Å². The Balaban J connectivity index is 2.04. The van der Waals surface area contributed by atoms with Crippen LogP contribution in [0.3, 0.4) is 0 Å². The molecule has 1 aliphatic heterocycles. The molecule has 0 aromatic carbocycles. The maximum absolute atomic E-state index is 12.6. The van der Waals surface area contributed by atoms with Gasteiger partial charge in [-0.2, -0.15) is 13.2 Å². The molecular formula is C14H20F3N3O. The number of hydrogen-bond donors (Lipinski definition) is 2. The van der Waals surface area contributed by atoms with Gasteiger partial charge in [-0.15, -0.1) is 0 Å². The Morgan fingerprint density at radius 1 is 1.33 bits per heavy atom. The molecule has 2 rings (SSSR count). The highest BCUT2D eigenvalue weighted by Crippen LogP contribution is 2.31. The molecule has 21 heavy (non-hydrogen) atoms. The fourth-order valence-electron chi connectivity index (χ4n) is 2.60. The largest absolute Gasteiger partial charge is 0.433 e. The van der Waals surface area contributed by atoms with Crippen LogP contribution in [0.25, 0.3) is 0 Å². The van der Waals surface area contributed by atoms with Crippen LogP contribution in [0.4, 0.5) is 19.0 Å². The quantitative estimate of drug-likeness (QED) is 0.877. The first kappa shape index (κ1) is 16.0. The van der Waals surface area contributed by atoms with Crippen LogP contribution in [0, 0.1) is 5.41 Å². The van der Waals surface area contributed by atoms with Gasteiger partial charge < -0.3 is 15.4 Å². The summed E-state index contributed by atoms with van der Waals surface area (Å²) in [5, 5.41) is 6.31. The van der Waals surface area contributed by atoms with Crippen molar-refractivity contribution in [3.8, 4) is 0 Å². The molecule has 1 fully saturated rings. The summed E-state index contributed by atoms with van der Waals surface area (Å²) in [5.74, 6) is 0.249. The van der Waals surface area contributed by atoms with E-state index in [4.69, 9.17) is 4.74 Å². The highest BCUT2D eigenvalue weighted by atomic mass is 19.4. The standard InChI is InChI=1S/C14H20F3N3O/c1-21-10-13(5-7-18-8-6-13)9-19-12-4-2-3-11(20-12)14(15,16)17/h2-4,18H,5-10H2,1H3,(H,19,20). The second-order valence-electron chi connectivity index (χ2n) is 5.44. The fraction of sp³-hybridized carbons (Fsp3) is 0.643. The predicted molar refractivity (Wildman–Crippen MR) is 74.1 cm³/mol. The fourth-order valence-corrected chi connectivity index (χ4v) is 2.60. The molecule has 2 N–H and O–H groups in total. The van der Waals surface area contributed by atoms with Crippen LogP contribution in [0.15, 0.2) is 18.2 Å².